The fraction of sp³-hybridized carbons (Fsp3) is 0.458. The van der Waals surface area contributed by atoms with E-state index < -0.39 is 19.8 Å². The van der Waals surface area contributed by atoms with Gasteiger partial charge in [0.25, 0.3) is 0 Å². The topological polar surface area (TPSA) is 76.6 Å². The summed E-state index contributed by atoms with van der Waals surface area (Å²) < 4.78 is 16.4. The third kappa shape index (κ3) is 3.99. The number of thiophene rings is 1. The summed E-state index contributed by atoms with van der Waals surface area (Å²) in [6.07, 6.45) is 2.72. The quantitative estimate of drug-likeness (QED) is 0.259. The molecule has 0 atom stereocenters. The number of anilines is 1. The number of aryl methyl sites for hydroxylation is 1. The summed E-state index contributed by atoms with van der Waals surface area (Å²) in [7, 11) is 3.81. The molecule has 0 saturated carbocycles. The molecule has 6 rings (SSSR count). The average Bonchev–Trinajstić information content (AvgIpc) is 3.44. The fourth-order valence-electron chi connectivity index (χ4n) is 4.83. The van der Waals surface area contributed by atoms with Gasteiger partial charge in [0.2, 0.25) is 0 Å². The molecule has 0 bridgehead atoms. The Morgan fingerprint density at radius 1 is 1.24 bits per heavy atom. The molecule has 1 aromatic carbocycles. The van der Waals surface area contributed by atoms with E-state index in [1.807, 2.05) is 22.8 Å². The van der Waals surface area contributed by atoms with E-state index in [1.165, 1.54) is 19.3 Å². The Hall–Kier alpha value is -2.18. The number of methoxy groups -OCH3 is 1. The van der Waals surface area contributed by atoms with Crippen molar-refractivity contribution in [1.29, 1.82) is 0 Å². The van der Waals surface area contributed by atoms with Crippen LogP contribution in [-0.2, 0) is 19.5 Å². The van der Waals surface area contributed by atoms with Crippen LogP contribution in [0.25, 0.3) is 21.2 Å². The minimum atomic E-state index is -1.13. The molecule has 1 saturated heterocycles. The molecule has 180 valence electrons. The number of hydrogen-bond acceptors (Lipinski definition) is 8. The number of aromatic nitrogens is 3. The standard InChI is InChI=1S/C24H28IN5O3S/c1-28-9-5-17-20(14-28)34-23-21(17)24(31)30(15-26-23)12-8-25-6-10-29(11-7-25)22-18-13-16(32-2)3-4-19(18)33-27-22/h3-4,13,15H,5-12,14H2,1-2H3. The average molecular weight is 593 g/mol. The van der Waals surface area contributed by atoms with Crippen LogP contribution in [0.15, 0.2) is 33.8 Å². The van der Waals surface area contributed by atoms with E-state index in [-0.39, 0.29) is 5.56 Å². The summed E-state index contributed by atoms with van der Waals surface area (Å²) >= 11 is 0.564. The van der Waals surface area contributed by atoms with Gasteiger partial charge in [-0.2, -0.15) is 0 Å². The van der Waals surface area contributed by atoms with Gasteiger partial charge >= 0.3 is 210 Å². The molecule has 0 aliphatic carbocycles. The predicted octanol–water partition coefficient (Wildman–Crippen LogP) is 3.62. The van der Waals surface area contributed by atoms with E-state index >= 15 is 0 Å². The van der Waals surface area contributed by atoms with E-state index in [9.17, 15) is 4.79 Å². The van der Waals surface area contributed by atoms with Gasteiger partial charge in [-0.1, -0.05) is 0 Å². The zero-order chi connectivity index (χ0) is 23.2. The second kappa shape index (κ2) is 9.12. The number of nitrogens with zero attached hydrogens (tertiary/aromatic N) is 5. The molecular formula is C24H28IN5O3S. The van der Waals surface area contributed by atoms with Crippen LogP contribution in [0.1, 0.15) is 10.4 Å². The molecule has 3 aromatic heterocycles. The maximum absolute atomic E-state index is 13.3. The minimum absolute atomic E-state index is 0.157. The zero-order valence-corrected chi connectivity index (χ0v) is 22.4. The Morgan fingerprint density at radius 2 is 2.09 bits per heavy atom. The van der Waals surface area contributed by atoms with Gasteiger partial charge in [-0.3, -0.25) is 0 Å². The van der Waals surface area contributed by atoms with Crippen molar-refractivity contribution in [2.24, 2.45) is 0 Å². The summed E-state index contributed by atoms with van der Waals surface area (Å²) in [5.41, 5.74) is 2.19. The first-order chi connectivity index (χ1) is 16.6. The van der Waals surface area contributed by atoms with Crippen molar-refractivity contribution in [2.75, 3.05) is 52.0 Å². The van der Waals surface area contributed by atoms with Gasteiger partial charge in [-0.25, -0.2) is 0 Å². The second-order valence-corrected chi connectivity index (χ2v) is 16.5. The molecule has 0 unspecified atom stereocenters. The molecule has 0 radical (unpaired) electrons. The number of likely N-dealkylation sites (N-methyl/N-ethyl adjacent to an activating group) is 1. The molecule has 2 aliphatic rings. The molecular weight excluding hydrogens is 565 g/mol. The van der Waals surface area contributed by atoms with Crippen LogP contribution in [-0.4, -0.2) is 66.7 Å². The number of alkyl halides is 3. The molecule has 4 aromatic rings. The van der Waals surface area contributed by atoms with Crippen LogP contribution >= 0.6 is 31.2 Å². The monoisotopic (exact) mass is 593 g/mol. The molecule has 0 spiro atoms. The third-order valence-corrected chi connectivity index (χ3v) is 14.0. The van der Waals surface area contributed by atoms with Crippen LogP contribution in [0.3, 0.4) is 0 Å². The Kier molecular flexibility index (Phi) is 5.98. The first kappa shape index (κ1) is 22.3. The Labute approximate surface area is 208 Å². The predicted molar refractivity (Wildman–Crippen MR) is 145 cm³/mol. The number of ether oxygens (including phenoxy) is 1. The summed E-state index contributed by atoms with van der Waals surface area (Å²) in [5.74, 6) is 1.74. The van der Waals surface area contributed by atoms with Crippen LogP contribution in [0.4, 0.5) is 5.82 Å². The van der Waals surface area contributed by atoms with E-state index in [4.69, 9.17) is 9.26 Å². The molecule has 10 heteroatoms. The first-order valence-electron chi connectivity index (χ1n) is 11.5. The molecule has 8 nitrogen and oxygen atoms in total. The van der Waals surface area contributed by atoms with Crippen LogP contribution in [0.5, 0.6) is 5.75 Å². The SMILES string of the molecule is COc1ccc2onc(N3CCI(CCn4cnc5sc6c(c5c4=O)CCN(C)C6)CC3)c2c1. The summed E-state index contributed by atoms with van der Waals surface area (Å²) in [5, 5.41) is 6.23. The normalized spacial score (nSPS) is 18.1. The van der Waals surface area contributed by atoms with Gasteiger partial charge in [0.05, 0.1) is 0 Å². The van der Waals surface area contributed by atoms with Gasteiger partial charge in [-0.05, 0) is 0 Å². The molecule has 5 heterocycles. The van der Waals surface area contributed by atoms with Crippen LogP contribution in [0, 0.1) is 0 Å². The van der Waals surface area contributed by atoms with Crippen molar-refractivity contribution >= 4 is 58.2 Å². The van der Waals surface area contributed by atoms with E-state index in [0.717, 1.165) is 76.3 Å². The number of halogens is 1. The Balaban J connectivity index is 1.13. The maximum atomic E-state index is 13.3. The van der Waals surface area contributed by atoms with Crippen molar-refractivity contribution in [3.05, 3.63) is 45.3 Å². The number of hydrogen-bond donors (Lipinski definition) is 0. The summed E-state index contributed by atoms with van der Waals surface area (Å²) in [4.78, 5) is 24.8. The van der Waals surface area contributed by atoms with Crippen molar-refractivity contribution < 1.29 is 9.26 Å². The van der Waals surface area contributed by atoms with Gasteiger partial charge in [0.15, 0.2) is 0 Å². The van der Waals surface area contributed by atoms with Crippen molar-refractivity contribution in [3.63, 3.8) is 0 Å². The van der Waals surface area contributed by atoms with E-state index in [0.29, 0.717) is 0 Å². The molecule has 0 N–H and O–H groups in total. The molecule has 34 heavy (non-hydrogen) atoms. The molecule has 2 aliphatic heterocycles. The molecule has 0 amide bonds. The van der Waals surface area contributed by atoms with E-state index in [1.54, 1.807) is 24.8 Å². The Bertz CT molecular complexity index is 1410. The number of rotatable bonds is 5. The molecule has 1 fully saturated rings. The van der Waals surface area contributed by atoms with Gasteiger partial charge in [0, 0.05) is 0 Å². The third-order valence-electron chi connectivity index (χ3n) is 6.81. The van der Waals surface area contributed by atoms with E-state index in [2.05, 4.69) is 27.0 Å². The van der Waals surface area contributed by atoms with Gasteiger partial charge in [0.1, 0.15) is 0 Å². The van der Waals surface area contributed by atoms with Crippen LogP contribution < -0.4 is 15.2 Å². The number of fused-ring (bicyclic) bond motifs is 4. The van der Waals surface area contributed by atoms with Crippen LogP contribution in [0.2, 0.25) is 0 Å². The fourth-order valence-corrected chi connectivity index (χ4v) is 11.4. The van der Waals surface area contributed by atoms with Crippen molar-refractivity contribution in [3.8, 4) is 5.75 Å². The van der Waals surface area contributed by atoms with Gasteiger partial charge < -0.3 is 0 Å². The zero-order valence-electron chi connectivity index (χ0n) is 19.4. The van der Waals surface area contributed by atoms with Gasteiger partial charge in [-0.15, -0.1) is 0 Å². The first-order valence-corrected chi connectivity index (χ1v) is 16.9. The van der Waals surface area contributed by atoms with Crippen molar-refractivity contribution in [1.82, 2.24) is 19.6 Å². The Morgan fingerprint density at radius 3 is 2.91 bits per heavy atom. The van der Waals surface area contributed by atoms with Crippen molar-refractivity contribution in [2.45, 2.75) is 19.5 Å². The number of benzene rings is 1. The summed E-state index contributed by atoms with van der Waals surface area (Å²) in [6.45, 7) is 4.73. The second-order valence-electron chi connectivity index (χ2n) is 8.90. The summed E-state index contributed by atoms with van der Waals surface area (Å²) in [6, 6.07) is 5.82.